The van der Waals surface area contributed by atoms with Crippen LogP contribution in [0.3, 0.4) is 0 Å². The number of likely N-dealkylation sites (tertiary alicyclic amines) is 1. The highest BCUT2D eigenvalue weighted by Crippen LogP contribution is 2.22. The quantitative estimate of drug-likeness (QED) is 0.368. The third-order valence-electron chi connectivity index (χ3n) is 6.43. The number of nitrogens with zero attached hydrogens (tertiary/aromatic N) is 5. The van der Waals surface area contributed by atoms with E-state index in [0.717, 1.165) is 54.7 Å². The van der Waals surface area contributed by atoms with Crippen molar-refractivity contribution in [2.75, 3.05) is 6.54 Å². The fraction of sp³-hybridized carbons (Fsp3) is 0.385. The summed E-state index contributed by atoms with van der Waals surface area (Å²) in [6, 6.07) is 15.7. The molecule has 5 rings (SSSR count). The van der Waals surface area contributed by atoms with Gasteiger partial charge in [-0.1, -0.05) is 54.0 Å². The van der Waals surface area contributed by atoms with Crippen molar-refractivity contribution in [2.24, 2.45) is 0 Å². The Bertz CT molecular complexity index is 1330. The van der Waals surface area contributed by atoms with Gasteiger partial charge >= 0.3 is 0 Å². The molecule has 0 unspecified atom stereocenters. The molecule has 3 heterocycles. The molecule has 0 radical (unpaired) electrons. The molecule has 4 aromatic rings. The number of fused-ring (bicyclic) bond motifs is 1. The van der Waals surface area contributed by atoms with Crippen LogP contribution >= 0.6 is 11.6 Å². The summed E-state index contributed by atoms with van der Waals surface area (Å²) in [5.41, 5.74) is 1.95. The van der Waals surface area contributed by atoms with Crippen LogP contribution in [-0.4, -0.2) is 37.4 Å². The summed E-state index contributed by atoms with van der Waals surface area (Å²) in [5.74, 6) is 1.39. The molecular weight excluding hydrogens is 450 g/mol. The zero-order chi connectivity index (χ0) is 23.5. The fourth-order valence-corrected chi connectivity index (χ4v) is 4.84. The monoisotopic (exact) mass is 477 g/mol. The van der Waals surface area contributed by atoms with Crippen LogP contribution in [-0.2, 0) is 25.9 Å². The third kappa shape index (κ3) is 4.91. The Kier molecular flexibility index (Phi) is 6.74. The Labute approximate surface area is 203 Å². The predicted octanol–water partition coefficient (Wildman–Crippen LogP) is 4.64. The summed E-state index contributed by atoms with van der Waals surface area (Å²) in [4.78, 5) is 20.2. The molecule has 7 nitrogen and oxygen atoms in total. The molecule has 0 amide bonds. The maximum atomic E-state index is 13.3. The normalized spacial score (nSPS) is 16.5. The lowest BCUT2D eigenvalue weighted by Crippen LogP contribution is -2.37. The van der Waals surface area contributed by atoms with E-state index in [2.05, 4.69) is 22.0 Å². The van der Waals surface area contributed by atoms with Crippen molar-refractivity contribution in [1.29, 1.82) is 0 Å². The Morgan fingerprint density at radius 2 is 1.91 bits per heavy atom. The smallest absolute Gasteiger partial charge is 0.274 e. The van der Waals surface area contributed by atoms with Crippen molar-refractivity contribution >= 4 is 22.4 Å². The predicted molar refractivity (Wildman–Crippen MR) is 132 cm³/mol. The van der Waals surface area contributed by atoms with E-state index in [1.165, 1.54) is 0 Å². The molecule has 176 valence electrons. The molecule has 2 aromatic heterocycles. The van der Waals surface area contributed by atoms with E-state index in [1.54, 1.807) is 4.68 Å². The molecule has 2 aromatic carbocycles. The van der Waals surface area contributed by atoms with Crippen molar-refractivity contribution in [1.82, 2.24) is 24.8 Å². The zero-order valence-electron chi connectivity index (χ0n) is 19.3. The minimum atomic E-state index is -0.0506. The highest BCUT2D eigenvalue weighted by Gasteiger charge is 2.27. The summed E-state index contributed by atoms with van der Waals surface area (Å²) in [6.07, 6.45) is 4.51. The lowest BCUT2D eigenvalue weighted by Gasteiger charge is -2.23. The van der Waals surface area contributed by atoms with E-state index in [9.17, 15) is 4.79 Å². The van der Waals surface area contributed by atoms with E-state index >= 15 is 0 Å². The van der Waals surface area contributed by atoms with E-state index < -0.39 is 0 Å². The van der Waals surface area contributed by atoms with Gasteiger partial charge in [0.05, 0.1) is 24.2 Å². The van der Waals surface area contributed by atoms with Gasteiger partial charge in [-0.25, -0.2) is 4.68 Å². The topological polar surface area (TPSA) is 77.0 Å². The fourth-order valence-electron chi connectivity index (χ4n) is 4.72. The van der Waals surface area contributed by atoms with Crippen LogP contribution in [0.15, 0.2) is 57.8 Å². The van der Waals surface area contributed by atoms with Crippen LogP contribution in [0.1, 0.15) is 49.2 Å². The summed E-state index contributed by atoms with van der Waals surface area (Å²) >= 11 is 6.06. The molecule has 0 spiro atoms. The van der Waals surface area contributed by atoms with Gasteiger partial charge < -0.3 is 4.52 Å². The first-order valence-corrected chi connectivity index (χ1v) is 12.3. The molecule has 1 fully saturated rings. The van der Waals surface area contributed by atoms with E-state index in [-0.39, 0.29) is 11.6 Å². The summed E-state index contributed by atoms with van der Waals surface area (Å²) in [6.45, 7) is 4.17. The van der Waals surface area contributed by atoms with Gasteiger partial charge in [0.25, 0.3) is 5.56 Å². The number of benzene rings is 2. The number of aryl methyl sites for hydroxylation is 1. The van der Waals surface area contributed by atoms with Gasteiger partial charge in [0.1, 0.15) is 0 Å². The summed E-state index contributed by atoms with van der Waals surface area (Å²) in [5, 5.41) is 11.2. The Hall–Kier alpha value is -3.03. The maximum Gasteiger partial charge on any atom is 0.274 e. The van der Waals surface area contributed by atoms with Gasteiger partial charge in [-0.2, -0.15) is 10.1 Å². The molecule has 0 aliphatic carbocycles. The van der Waals surface area contributed by atoms with Gasteiger partial charge in [0.2, 0.25) is 5.89 Å². The zero-order valence-corrected chi connectivity index (χ0v) is 20.0. The first kappa shape index (κ1) is 22.7. The molecule has 34 heavy (non-hydrogen) atoms. The lowest BCUT2D eigenvalue weighted by molar-refractivity contribution is 0.190. The van der Waals surface area contributed by atoms with Crippen LogP contribution in [0, 0.1) is 0 Å². The summed E-state index contributed by atoms with van der Waals surface area (Å²) in [7, 11) is 0. The molecule has 1 atom stereocenters. The molecular formula is C26H28ClN5O2. The van der Waals surface area contributed by atoms with Crippen LogP contribution in [0.25, 0.3) is 10.8 Å². The highest BCUT2D eigenvalue weighted by molar-refractivity contribution is 6.30. The van der Waals surface area contributed by atoms with Gasteiger partial charge in [0.15, 0.2) is 5.82 Å². The largest absolute Gasteiger partial charge is 0.338 e. The first-order chi connectivity index (χ1) is 16.6. The molecule has 1 aliphatic heterocycles. The average molecular weight is 478 g/mol. The Morgan fingerprint density at radius 1 is 1.12 bits per heavy atom. The van der Waals surface area contributed by atoms with Crippen molar-refractivity contribution < 1.29 is 4.52 Å². The second kappa shape index (κ2) is 10.1. The highest BCUT2D eigenvalue weighted by atomic mass is 35.5. The van der Waals surface area contributed by atoms with Crippen LogP contribution in [0.2, 0.25) is 5.02 Å². The van der Waals surface area contributed by atoms with Gasteiger partial charge in [-0.05, 0) is 49.6 Å². The van der Waals surface area contributed by atoms with Crippen molar-refractivity contribution in [3.63, 3.8) is 0 Å². The van der Waals surface area contributed by atoms with Gasteiger partial charge in [-0.15, -0.1) is 0 Å². The third-order valence-corrected chi connectivity index (χ3v) is 6.69. The van der Waals surface area contributed by atoms with Crippen LogP contribution < -0.4 is 5.56 Å². The molecule has 0 N–H and O–H groups in total. The van der Waals surface area contributed by atoms with Crippen molar-refractivity contribution in [2.45, 2.75) is 58.2 Å². The second-order valence-electron chi connectivity index (χ2n) is 8.90. The minimum Gasteiger partial charge on any atom is -0.338 e. The number of halogens is 1. The lowest BCUT2D eigenvalue weighted by atomic mass is 10.0. The first-order valence-electron chi connectivity index (χ1n) is 11.9. The van der Waals surface area contributed by atoms with Crippen LogP contribution in [0.4, 0.5) is 0 Å². The number of hydrogen-bond acceptors (Lipinski definition) is 6. The van der Waals surface area contributed by atoms with Crippen molar-refractivity contribution in [3.8, 4) is 0 Å². The summed E-state index contributed by atoms with van der Waals surface area (Å²) < 4.78 is 7.10. The van der Waals surface area contributed by atoms with Crippen molar-refractivity contribution in [3.05, 3.63) is 86.9 Å². The number of aromatic nitrogens is 4. The Morgan fingerprint density at radius 3 is 2.71 bits per heavy atom. The Balaban J connectivity index is 1.41. The number of hydrogen-bond donors (Lipinski definition) is 0. The molecule has 8 heteroatoms. The molecule has 1 saturated heterocycles. The SMILES string of the molecule is CCCc1noc(CN2CCC[C@@H]2Cn2nc(Cc3ccc(Cl)cc3)c3ccccc3c2=O)n1. The van der Waals surface area contributed by atoms with Crippen LogP contribution in [0.5, 0.6) is 0 Å². The maximum absolute atomic E-state index is 13.3. The number of rotatable bonds is 8. The molecule has 0 bridgehead atoms. The van der Waals surface area contributed by atoms with E-state index in [1.807, 2.05) is 48.5 Å². The van der Waals surface area contributed by atoms with E-state index in [4.69, 9.17) is 21.2 Å². The second-order valence-corrected chi connectivity index (χ2v) is 9.34. The standard InChI is InChI=1S/C26H28ClN5O2/c1-2-6-24-28-25(34-30-24)17-31-14-5-7-20(31)16-32-26(33)22-9-4-3-8-21(22)23(29-32)15-18-10-12-19(27)13-11-18/h3-4,8-13,20H,2,5-7,14-17H2,1H3/t20-/m1/s1. The molecule has 1 aliphatic rings. The minimum absolute atomic E-state index is 0.0506. The average Bonchev–Trinajstić information content (AvgIpc) is 3.48. The molecule has 0 saturated carbocycles. The van der Waals surface area contributed by atoms with E-state index in [0.29, 0.717) is 35.8 Å². The van der Waals surface area contributed by atoms with Gasteiger partial charge in [0, 0.05) is 29.3 Å². The van der Waals surface area contributed by atoms with Gasteiger partial charge in [-0.3, -0.25) is 9.69 Å².